The van der Waals surface area contributed by atoms with Crippen LogP contribution in [0.3, 0.4) is 0 Å². The maximum atomic E-state index is 12.9. The molecule has 0 fully saturated rings. The summed E-state index contributed by atoms with van der Waals surface area (Å²) < 4.78 is 28.7. The number of sulfonamides is 1. The van der Waals surface area contributed by atoms with E-state index in [9.17, 15) is 13.5 Å². The third-order valence-electron chi connectivity index (χ3n) is 4.78. The minimum absolute atomic E-state index is 0.0871. The molecule has 0 saturated heterocycles. The second kappa shape index (κ2) is 9.80. The van der Waals surface area contributed by atoms with Gasteiger partial charge < -0.3 is 10.4 Å². The van der Waals surface area contributed by atoms with Crippen molar-refractivity contribution in [3.63, 3.8) is 0 Å². The zero-order valence-corrected chi connectivity index (χ0v) is 17.1. The van der Waals surface area contributed by atoms with Crippen molar-refractivity contribution >= 4 is 10.0 Å². The molecule has 0 aliphatic carbocycles. The van der Waals surface area contributed by atoms with Gasteiger partial charge in [0.05, 0.1) is 23.6 Å². The van der Waals surface area contributed by atoms with Crippen LogP contribution in [0.4, 0.5) is 0 Å². The van der Waals surface area contributed by atoms with Crippen molar-refractivity contribution in [2.24, 2.45) is 0 Å². The first-order valence-electron chi connectivity index (χ1n) is 9.53. The molecular weight excluding hydrogens is 384 g/mol. The van der Waals surface area contributed by atoms with Gasteiger partial charge in [-0.15, -0.1) is 0 Å². The molecule has 0 bridgehead atoms. The summed E-state index contributed by atoms with van der Waals surface area (Å²) in [6, 6.07) is 25.0. The van der Waals surface area contributed by atoms with Crippen molar-refractivity contribution in [3.8, 4) is 0 Å². The van der Waals surface area contributed by atoms with E-state index in [1.807, 2.05) is 67.6 Å². The van der Waals surface area contributed by atoms with Crippen LogP contribution in [0.1, 0.15) is 28.8 Å². The molecule has 5 nitrogen and oxygen atoms in total. The van der Waals surface area contributed by atoms with Gasteiger partial charge in [-0.25, -0.2) is 13.1 Å². The summed E-state index contributed by atoms with van der Waals surface area (Å²) in [5, 5.41) is 13.1. The molecule has 0 aliphatic rings. The minimum atomic E-state index is -3.70. The minimum Gasteiger partial charge on any atom is -0.394 e. The highest BCUT2D eigenvalue weighted by Gasteiger charge is 2.22. The van der Waals surface area contributed by atoms with Gasteiger partial charge in [-0.3, -0.25) is 0 Å². The number of hydrogen-bond donors (Lipinski definition) is 3. The Labute approximate surface area is 172 Å². The van der Waals surface area contributed by atoms with Gasteiger partial charge in [-0.1, -0.05) is 78.4 Å². The van der Waals surface area contributed by atoms with Gasteiger partial charge in [0.1, 0.15) is 0 Å². The van der Waals surface area contributed by atoms with E-state index in [2.05, 4.69) is 10.0 Å². The summed E-state index contributed by atoms with van der Waals surface area (Å²) in [5.74, 6) is 0. The fourth-order valence-corrected chi connectivity index (χ4v) is 4.34. The number of hydrogen-bond acceptors (Lipinski definition) is 4. The molecule has 0 unspecified atom stereocenters. The zero-order valence-electron chi connectivity index (χ0n) is 16.3. The Hall–Kier alpha value is -2.51. The zero-order chi connectivity index (χ0) is 20.7. The van der Waals surface area contributed by atoms with Crippen molar-refractivity contribution in [1.29, 1.82) is 0 Å². The van der Waals surface area contributed by atoms with E-state index in [0.29, 0.717) is 6.54 Å². The number of nitrogens with one attached hydrogen (secondary N) is 2. The Morgan fingerprint density at radius 1 is 0.793 bits per heavy atom. The molecule has 0 heterocycles. The predicted octanol–water partition coefficient (Wildman–Crippen LogP) is 3.34. The van der Waals surface area contributed by atoms with Crippen LogP contribution in [-0.4, -0.2) is 26.7 Å². The smallest absolute Gasteiger partial charge is 0.241 e. The van der Waals surface area contributed by atoms with Gasteiger partial charge in [0.2, 0.25) is 10.0 Å². The molecule has 3 aromatic carbocycles. The van der Waals surface area contributed by atoms with E-state index >= 15 is 0 Å². The van der Waals surface area contributed by atoms with Crippen molar-refractivity contribution in [1.82, 2.24) is 10.0 Å². The lowest BCUT2D eigenvalue weighted by Gasteiger charge is -2.23. The summed E-state index contributed by atoms with van der Waals surface area (Å²) >= 11 is 0. The number of aliphatic hydroxyl groups is 1. The lowest BCUT2D eigenvalue weighted by molar-refractivity contribution is 0.242. The highest BCUT2D eigenvalue weighted by molar-refractivity contribution is 7.89. The molecule has 0 spiro atoms. The normalized spacial score (nSPS) is 13.7. The fourth-order valence-electron chi connectivity index (χ4n) is 3.12. The number of benzene rings is 3. The van der Waals surface area contributed by atoms with Crippen molar-refractivity contribution in [2.45, 2.75) is 23.9 Å². The average Bonchev–Trinajstić information content (AvgIpc) is 2.75. The second-order valence-corrected chi connectivity index (χ2v) is 8.67. The molecule has 152 valence electrons. The molecule has 3 aromatic rings. The van der Waals surface area contributed by atoms with Gasteiger partial charge in [0.15, 0.2) is 0 Å². The van der Waals surface area contributed by atoms with Crippen LogP contribution in [0.15, 0.2) is 89.8 Å². The molecule has 2 atom stereocenters. The van der Waals surface area contributed by atoms with Gasteiger partial charge in [-0.2, -0.15) is 0 Å². The maximum Gasteiger partial charge on any atom is 0.241 e. The molecule has 0 saturated carbocycles. The third-order valence-corrected chi connectivity index (χ3v) is 6.27. The van der Waals surface area contributed by atoms with Crippen molar-refractivity contribution in [2.75, 3.05) is 13.2 Å². The summed E-state index contributed by atoms with van der Waals surface area (Å²) in [5.41, 5.74) is 2.79. The first kappa shape index (κ1) is 21.2. The summed E-state index contributed by atoms with van der Waals surface area (Å²) in [6.07, 6.45) is 0. The molecule has 6 heteroatoms. The Morgan fingerprint density at radius 3 is 1.83 bits per heavy atom. The quantitative estimate of drug-likeness (QED) is 0.506. The lowest BCUT2D eigenvalue weighted by Crippen LogP contribution is -2.37. The largest absolute Gasteiger partial charge is 0.394 e. The van der Waals surface area contributed by atoms with E-state index in [0.717, 1.165) is 16.7 Å². The second-order valence-electron chi connectivity index (χ2n) is 6.95. The van der Waals surface area contributed by atoms with E-state index in [1.165, 1.54) is 0 Å². The van der Waals surface area contributed by atoms with E-state index in [-0.39, 0.29) is 17.5 Å². The molecule has 0 amide bonds. The van der Waals surface area contributed by atoms with E-state index in [4.69, 9.17) is 0 Å². The first-order chi connectivity index (χ1) is 14.0. The molecule has 29 heavy (non-hydrogen) atoms. The van der Waals surface area contributed by atoms with Crippen molar-refractivity contribution in [3.05, 3.63) is 102 Å². The van der Waals surface area contributed by atoms with E-state index < -0.39 is 16.1 Å². The van der Waals surface area contributed by atoms with Gasteiger partial charge >= 0.3 is 0 Å². The number of aryl methyl sites for hydroxylation is 1. The Morgan fingerprint density at radius 2 is 1.31 bits per heavy atom. The van der Waals surface area contributed by atoms with E-state index in [1.54, 1.807) is 24.3 Å². The standard InChI is InChI=1S/C23H26N2O3S/c1-18-12-14-21(15-13-18)29(27,28)25-22(19-8-4-2-5-9-19)16-24-23(17-26)20-10-6-3-7-11-20/h2-15,22-26H,16-17H2,1H3/t22-,23-/m1/s1. The van der Waals surface area contributed by atoms with Crippen LogP contribution in [0.2, 0.25) is 0 Å². The fraction of sp³-hybridized carbons (Fsp3) is 0.217. The van der Waals surface area contributed by atoms with Crippen LogP contribution in [0.25, 0.3) is 0 Å². The van der Waals surface area contributed by atoms with Crippen LogP contribution in [0.5, 0.6) is 0 Å². The Balaban J connectivity index is 1.81. The highest BCUT2D eigenvalue weighted by atomic mass is 32.2. The Kier molecular flexibility index (Phi) is 7.17. The molecule has 3 rings (SSSR count). The maximum absolute atomic E-state index is 12.9. The molecule has 3 N–H and O–H groups in total. The van der Waals surface area contributed by atoms with Crippen LogP contribution in [-0.2, 0) is 10.0 Å². The third kappa shape index (κ3) is 5.74. The van der Waals surface area contributed by atoms with Crippen LogP contribution >= 0.6 is 0 Å². The molecular formula is C23H26N2O3S. The summed E-state index contributed by atoms with van der Waals surface area (Å²) in [4.78, 5) is 0.228. The predicted molar refractivity (Wildman–Crippen MR) is 115 cm³/mol. The Bertz CT molecular complexity index is 991. The van der Waals surface area contributed by atoms with Gasteiger partial charge in [0.25, 0.3) is 0 Å². The summed E-state index contributed by atoms with van der Waals surface area (Å²) in [7, 11) is -3.70. The number of rotatable bonds is 9. The van der Waals surface area contributed by atoms with Crippen LogP contribution in [0, 0.1) is 6.92 Å². The van der Waals surface area contributed by atoms with Crippen molar-refractivity contribution < 1.29 is 13.5 Å². The molecule has 0 aliphatic heterocycles. The monoisotopic (exact) mass is 410 g/mol. The topological polar surface area (TPSA) is 78.4 Å². The van der Waals surface area contributed by atoms with Gasteiger partial charge in [-0.05, 0) is 30.2 Å². The highest BCUT2D eigenvalue weighted by Crippen LogP contribution is 2.19. The van der Waals surface area contributed by atoms with Crippen LogP contribution < -0.4 is 10.0 Å². The molecule has 0 radical (unpaired) electrons. The van der Waals surface area contributed by atoms with Gasteiger partial charge in [0, 0.05) is 6.54 Å². The average molecular weight is 411 g/mol. The first-order valence-corrected chi connectivity index (χ1v) is 11.0. The number of aliphatic hydroxyl groups excluding tert-OH is 1. The molecule has 0 aromatic heterocycles. The summed E-state index contributed by atoms with van der Waals surface area (Å²) in [6.45, 7) is 2.16. The lowest BCUT2D eigenvalue weighted by atomic mass is 10.1. The SMILES string of the molecule is Cc1ccc(S(=O)(=O)N[C@H](CN[C@H](CO)c2ccccc2)c2ccccc2)cc1.